The van der Waals surface area contributed by atoms with Crippen molar-refractivity contribution in [2.24, 2.45) is 0 Å². The molecule has 0 unspecified atom stereocenters. The molecule has 4 aromatic rings. The number of aromatic nitrogens is 5. The highest BCUT2D eigenvalue weighted by molar-refractivity contribution is 6.29. The Labute approximate surface area is 181 Å². The fourth-order valence-corrected chi connectivity index (χ4v) is 3.71. The Morgan fingerprint density at radius 3 is 2.74 bits per heavy atom. The Hall–Kier alpha value is -3.66. The van der Waals surface area contributed by atoms with Crippen LogP contribution in [0, 0.1) is 0 Å². The van der Waals surface area contributed by atoms with E-state index in [2.05, 4.69) is 25.4 Å². The van der Waals surface area contributed by atoms with Gasteiger partial charge in [-0.15, -0.1) is 5.10 Å². The Morgan fingerprint density at radius 2 is 2.00 bits per heavy atom. The summed E-state index contributed by atoms with van der Waals surface area (Å²) in [6.45, 7) is 2.28. The number of amides is 1. The van der Waals surface area contributed by atoms with E-state index in [1.807, 2.05) is 11.0 Å². The number of hydrogen-bond acceptors (Lipinski definition) is 8. The van der Waals surface area contributed by atoms with E-state index < -0.39 is 0 Å². The minimum absolute atomic E-state index is 0.0596. The molecular weight excluding hydrogens is 422 g/mol. The van der Waals surface area contributed by atoms with Crippen molar-refractivity contribution in [3.05, 3.63) is 47.2 Å². The highest BCUT2D eigenvalue weighted by Crippen LogP contribution is 2.30. The lowest BCUT2D eigenvalue weighted by Gasteiger charge is -2.33. The monoisotopic (exact) mass is 439 g/mol. The van der Waals surface area contributed by atoms with E-state index in [0.717, 1.165) is 5.56 Å². The van der Waals surface area contributed by atoms with Crippen LogP contribution < -0.4 is 9.64 Å². The lowest BCUT2D eigenvalue weighted by Crippen LogP contribution is -2.48. The molecule has 0 saturated carbocycles. The largest absolute Gasteiger partial charge is 0.496 e. The number of nitrogens with zero attached hydrogens (tertiary/aromatic N) is 6. The zero-order chi connectivity index (χ0) is 21.4. The van der Waals surface area contributed by atoms with Crippen molar-refractivity contribution in [2.45, 2.75) is 0 Å². The Kier molecular flexibility index (Phi) is 4.91. The summed E-state index contributed by atoms with van der Waals surface area (Å²) in [6.07, 6.45) is 1.67. The van der Waals surface area contributed by atoms with Gasteiger partial charge in [-0.05, 0) is 30.3 Å². The average molecular weight is 440 g/mol. The highest BCUT2D eigenvalue weighted by Gasteiger charge is 2.26. The van der Waals surface area contributed by atoms with Gasteiger partial charge in [-0.3, -0.25) is 9.89 Å². The number of H-pyrrole nitrogens is 1. The van der Waals surface area contributed by atoms with Crippen LogP contribution in [0.5, 0.6) is 5.75 Å². The number of rotatable bonds is 4. The number of halogens is 1. The highest BCUT2D eigenvalue weighted by atomic mass is 35.5. The molecule has 31 heavy (non-hydrogen) atoms. The van der Waals surface area contributed by atoms with Crippen LogP contribution >= 0.6 is 11.6 Å². The predicted octanol–water partition coefficient (Wildman–Crippen LogP) is 2.63. The molecule has 1 aliphatic rings. The number of oxazole rings is 1. The zero-order valence-electron chi connectivity index (χ0n) is 16.6. The topological polar surface area (TPSA) is 113 Å². The number of fused-ring (bicyclic) bond motifs is 1. The number of piperazine rings is 1. The van der Waals surface area contributed by atoms with Crippen molar-refractivity contribution in [3.63, 3.8) is 0 Å². The summed E-state index contributed by atoms with van der Waals surface area (Å²) in [5, 5.41) is 10.8. The lowest BCUT2D eigenvalue weighted by atomic mass is 10.1. The van der Waals surface area contributed by atoms with Crippen LogP contribution in [-0.4, -0.2) is 69.5 Å². The van der Waals surface area contributed by atoms with E-state index in [1.54, 1.807) is 42.5 Å². The maximum Gasteiger partial charge on any atom is 0.300 e. The van der Waals surface area contributed by atoms with Gasteiger partial charge in [0.1, 0.15) is 16.6 Å². The van der Waals surface area contributed by atoms with E-state index in [4.69, 9.17) is 20.8 Å². The molecule has 1 amide bonds. The van der Waals surface area contributed by atoms with Crippen LogP contribution in [0.25, 0.3) is 22.5 Å². The van der Waals surface area contributed by atoms with Gasteiger partial charge in [-0.25, -0.2) is 4.98 Å². The van der Waals surface area contributed by atoms with Crippen molar-refractivity contribution in [2.75, 3.05) is 38.2 Å². The number of benzene rings is 1. The Bertz CT molecular complexity index is 1230. The van der Waals surface area contributed by atoms with Gasteiger partial charge in [0.2, 0.25) is 5.65 Å². The number of pyridine rings is 1. The normalized spacial score (nSPS) is 14.3. The molecule has 4 heterocycles. The van der Waals surface area contributed by atoms with Crippen LogP contribution in [0.15, 0.2) is 40.9 Å². The SMILES string of the molecule is COc1cc(C(=O)N2CCN(c3nc4nc(Cl)ccc4o3)CC2)ccc1-c1c[nH]nn1. The number of ether oxygens (including phenoxy) is 1. The van der Waals surface area contributed by atoms with Crippen LogP contribution in [0.4, 0.5) is 6.01 Å². The molecule has 1 aliphatic heterocycles. The van der Waals surface area contributed by atoms with Gasteiger partial charge in [-0.2, -0.15) is 4.98 Å². The predicted molar refractivity (Wildman–Crippen MR) is 113 cm³/mol. The summed E-state index contributed by atoms with van der Waals surface area (Å²) in [6, 6.07) is 9.22. The fourth-order valence-electron chi connectivity index (χ4n) is 3.57. The Balaban J connectivity index is 1.29. The molecule has 3 aromatic heterocycles. The standard InChI is InChI=1S/C20H18ClN7O3/c1-30-16-10-12(2-3-13(16)14-11-22-26-25-14)19(29)27-6-8-28(9-7-27)20-24-18-15(31-20)4-5-17(21)23-18/h2-5,10-11H,6-9H2,1H3,(H,22,25,26). The number of aromatic amines is 1. The maximum absolute atomic E-state index is 13.0. The average Bonchev–Trinajstić information content (AvgIpc) is 3.48. The molecule has 1 fully saturated rings. The molecule has 0 atom stereocenters. The third kappa shape index (κ3) is 3.66. The molecule has 5 rings (SSSR count). The molecule has 158 valence electrons. The van der Waals surface area contributed by atoms with Crippen molar-refractivity contribution in [1.82, 2.24) is 30.3 Å². The molecule has 1 aromatic carbocycles. The molecule has 0 aliphatic carbocycles. The van der Waals surface area contributed by atoms with E-state index >= 15 is 0 Å². The molecule has 0 bridgehead atoms. The van der Waals surface area contributed by atoms with E-state index in [-0.39, 0.29) is 5.91 Å². The summed E-state index contributed by atoms with van der Waals surface area (Å²) < 4.78 is 11.2. The fraction of sp³-hybridized carbons (Fsp3) is 0.250. The number of methoxy groups -OCH3 is 1. The first kappa shape index (κ1) is 19.3. The summed E-state index contributed by atoms with van der Waals surface area (Å²) >= 11 is 5.92. The number of hydrogen-bond donors (Lipinski definition) is 1. The van der Waals surface area contributed by atoms with Crippen LogP contribution in [-0.2, 0) is 0 Å². The molecule has 11 heteroatoms. The number of anilines is 1. The van der Waals surface area contributed by atoms with Crippen molar-refractivity contribution >= 4 is 34.8 Å². The van der Waals surface area contributed by atoms with Gasteiger partial charge < -0.3 is 19.0 Å². The number of carbonyl (C=O) groups is 1. The maximum atomic E-state index is 13.0. The molecule has 10 nitrogen and oxygen atoms in total. The Morgan fingerprint density at radius 1 is 1.16 bits per heavy atom. The van der Waals surface area contributed by atoms with Crippen LogP contribution in [0.3, 0.4) is 0 Å². The molecular formula is C20H18ClN7O3. The first-order chi connectivity index (χ1) is 15.1. The second-order valence-electron chi connectivity index (χ2n) is 7.01. The number of carbonyl (C=O) groups excluding carboxylic acids is 1. The molecule has 0 spiro atoms. The first-order valence-electron chi connectivity index (χ1n) is 9.64. The quantitative estimate of drug-likeness (QED) is 0.483. The molecule has 1 saturated heterocycles. The second-order valence-corrected chi connectivity index (χ2v) is 7.39. The zero-order valence-corrected chi connectivity index (χ0v) is 17.3. The lowest BCUT2D eigenvalue weighted by molar-refractivity contribution is 0.0744. The summed E-state index contributed by atoms with van der Waals surface area (Å²) in [4.78, 5) is 25.4. The van der Waals surface area contributed by atoms with Gasteiger partial charge in [-0.1, -0.05) is 16.8 Å². The van der Waals surface area contributed by atoms with E-state index in [1.165, 1.54) is 0 Å². The summed E-state index contributed by atoms with van der Waals surface area (Å²) in [5.74, 6) is 0.506. The summed E-state index contributed by atoms with van der Waals surface area (Å²) in [5.41, 5.74) is 3.02. The van der Waals surface area contributed by atoms with Gasteiger partial charge in [0.05, 0.1) is 13.3 Å². The summed E-state index contributed by atoms with van der Waals surface area (Å²) in [7, 11) is 1.56. The molecule has 0 radical (unpaired) electrons. The number of nitrogens with one attached hydrogen (secondary N) is 1. The van der Waals surface area contributed by atoms with Crippen LogP contribution in [0.2, 0.25) is 5.15 Å². The van der Waals surface area contributed by atoms with Crippen molar-refractivity contribution in [3.8, 4) is 17.0 Å². The van der Waals surface area contributed by atoms with Crippen molar-refractivity contribution < 1.29 is 13.9 Å². The third-order valence-electron chi connectivity index (χ3n) is 5.19. The van der Waals surface area contributed by atoms with Gasteiger partial charge >= 0.3 is 0 Å². The van der Waals surface area contributed by atoms with Gasteiger partial charge in [0.25, 0.3) is 11.9 Å². The minimum atomic E-state index is -0.0596. The smallest absolute Gasteiger partial charge is 0.300 e. The van der Waals surface area contributed by atoms with E-state index in [0.29, 0.717) is 65.6 Å². The van der Waals surface area contributed by atoms with Gasteiger partial charge in [0, 0.05) is 37.3 Å². The van der Waals surface area contributed by atoms with E-state index in [9.17, 15) is 4.79 Å². The van der Waals surface area contributed by atoms with Gasteiger partial charge in [0.15, 0.2) is 5.58 Å². The van der Waals surface area contributed by atoms with Crippen molar-refractivity contribution in [1.29, 1.82) is 0 Å². The van der Waals surface area contributed by atoms with Crippen LogP contribution in [0.1, 0.15) is 10.4 Å². The minimum Gasteiger partial charge on any atom is -0.496 e. The molecule has 1 N–H and O–H groups in total. The second kappa shape index (κ2) is 7.88. The first-order valence-corrected chi connectivity index (χ1v) is 10.0. The third-order valence-corrected chi connectivity index (χ3v) is 5.40.